The van der Waals surface area contributed by atoms with Crippen LogP contribution < -0.4 is 5.32 Å². The van der Waals surface area contributed by atoms with E-state index in [0.29, 0.717) is 5.75 Å². The van der Waals surface area contributed by atoms with E-state index in [1.54, 1.807) is 11.7 Å². The summed E-state index contributed by atoms with van der Waals surface area (Å²) in [6, 6.07) is 6.01. The highest BCUT2D eigenvalue weighted by molar-refractivity contribution is 7.98. The van der Waals surface area contributed by atoms with Gasteiger partial charge in [-0.25, -0.2) is 9.67 Å². The second-order valence-corrected chi connectivity index (χ2v) is 7.53. The first-order chi connectivity index (χ1) is 12.0. The first-order valence-corrected chi connectivity index (χ1v) is 9.53. The summed E-state index contributed by atoms with van der Waals surface area (Å²) in [6.07, 6.45) is 0.272. The van der Waals surface area contributed by atoms with E-state index in [0.717, 1.165) is 32.7 Å². The van der Waals surface area contributed by atoms with E-state index < -0.39 is 0 Å². The average Bonchev–Trinajstić information content (AvgIpc) is 3.18. The third kappa shape index (κ3) is 4.64. The highest BCUT2D eigenvalue weighted by Crippen LogP contribution is 2.21. The Hall–Kier alpha value is -2.26. The number of hydrogen-bond acceptors (Lipinski definition) is 7. The molecular weight excluding hydrogens is 356 g/mol. The van der Waals surface area contributed by atoms with Crippen LogP contribution in [0.1, 0.15) is 21.8 Å². The number of aryl methyl sites for hydroxylation is 3. The van der Waals surface area contributed by atoms with Crippen LogP contribution in [0.15, 0.2) is 28.7 Å². The molecule has 130 valence electrons. The maximum atomic E-state index is 12.3. The van der Waals surface area contributed by atoms with Crippen molar-refractivity contribution >= 4 is 34.7 Å². The third-order valence-electron chi connectivity index (χ3n) is 3.51. The van der Waals surface area contributed by atoms with Crippen molar-refractivity contribution in [3.8, 4) is 0 Å². The summed E-state index contributed by atoms with van der Waals surface area (Å²) in [5.74, 6) is 0.614. The van der Waals surface area contributed by atoms with Crippen molar-refractivity contribution < 1.29 is 4.79 Å². The third-order valence-corrected chi connectivity index (χ3v) is 5.45. The molecule has 2 heterocycles. The van der Waals surface area contributed by atoms with Crippen molar-refractivity contribution in [2.75, 3.05) is 5.32 Å². The minimum atomic E-state index is -0.0558. The molecule has 25 heavy (non-hydrogen) atoms. The van der Waals surface area contributed by atoms with Gasteiger partial charge in [0, 0.05) is 23.9 Å². The summed E-state index contributed by atoms with van der Waals surface area (Å²) in [7, 11) is 1.80. The van der Waals surface area contributed by atoms with E-state index in [4.69, 9.17) is 0 Å². The maximum Gasteiger partial charge on any atom is 0.231 e. The summed E-state index contributed by atoms with van der Waals surface area (Å²) < 4.78 is 1.62. The van der Waals surface area contributed by atoms with E-state index in [1.807, 2.05) is 37.4 Å². The number of carbonyl (C=O) groups is 1. The monoisotopic (exact) mass is 374 g/mol. The lowest BCUT2D eigenvalue weighted by atomic mass is 10.1. The van der Waals surface area contributed by atoms with Crippen LogP contribution in [0.5, 0.6) is 0 Å². The predicted molar refractivity (Wildman–Crippen MR) is 98.7 cm³/mol. The average molecular weight is 374 g/mol. The minimum absolute atomic E-state index is 0.0558. The van der Waals surface area contributed by atoms with Gasteiger partial charge in [-0.15, -0.1) is 16.4 Å². The molecule has 0 saturated carbocycles. The second-order valence-electron chi connectivity index (χ2n) is 5.65. The number of hydrogen-bond donors (Lipinski definition) is 1. The number of aromatic nitrogens is 5. The summed E-state index contributed by atoms with van der Waals surface area (Å²) in [5.41, 5.74) is 3.94. The molecule has 0 aliphatic carbocycles. The number of carbonyl (C=O) groups excluding carboxylic acids is 1. The van der Waals surface area contributed by atoms with E-state index >= 15 is 0 Å². The lowest BCUT2D eigenvalue weighted by Crippen LogP contribution is -2.15. The van der Waals surface area contributed by atoms with Crippen LogP contribution in [0, 0.1) is 13.8 Å². The van der Waals surface area contributed by atoms with Gasteiger partial charge < -0.3 is 5.32 Å². The molecule has 0 aliphatic heterocycles. The lowest BCUT2D eigenvalue weighted by molar-refractivity contribution is -0.115. The van der Waals surface area contributed by atoms with Crippen LogP contribution in [-0.4, -0.2) is 31.1 Å². The minimum Gasteiger partial charge on any atom is -0.325 e. The number of thioether (sulfide) groups is 1. The Bertz CT molecular complexity index is 888. The smallest absolute Gasteiger partial charge is 0.231 e. The number of anilines is 1. The number of thiazole rings is 1. The van der Waals surface area contributed by atoms with Crippen molar-refractivity contribution in [3.05, 3.63) is 45.4 Å². The van der Waals surface area contributed by atoms with Gasteiger partial charge in [0.15, 0.2) is 0 Å². The van der Waals surface area contributed by atoms with Crippen LogP contribution in [0.3, 0.4) is 0 Å². The maximum absolute atomic E-state index is 12.3. The first kappa shape index (κ1) is 17.6. The Morgan fingerprint density at radius 2 is 2.20 bits per heavy atom. The van der Waals surface area contributed by atoms with Gasteiger partial charge in [0.2, 0.25) is 11.1 Å². The molecule has 1 N–H and O–H groups in total. The van der Waals surface area contributed by atoms with E-state index in [-0.39, 0.29) is 12.3 Å². The molecule has 2 aromatic heterocycles. The zero-order valence-electron chi connectivity index (χ0n) is 14.2. The van der Waals surface area contributed by atoms with Crippen LogP contribution >= 0.6 is 23.1 Å². The van der Waals surface area contributed by atoms with E-state index in [2.05, 4.69) is 25.8 Å². The van der Waals surface area contributed by atoms with Gasteiger partial charge in [-0.3, -0.25) is 4.79 Å². The molecular formula is C16H18N6OS2. The van der Waals surface area contributed by atoms with Crippen molar-refractivity contribution in [2.24, 2.45) is 7.05 Å². The van der Waals surface area contributed by atoms with Gasteiger partial charge in [0.05, 0.1) is 12.1 Å². The molecule has 3 rings (SSSR count). The fraction of sp³-hybridized carbons (Fsp3) is 0.312. The molecule has 0 unspecified atom stereocenters. The Balaban J connectivity index is 1.56. The molecule has 0 atom stereocenters. The quantitative estimate of drug-likeness (QED) is 0.668. The number of nitrogens with zero attached hydrogens (tertiary/aromatic N) is 5. The Morgan fingerprint density at radius 3 is 2.96 bits per heavy atom. The molecule has 0 bridgehead atoms. The number of rotatable bonds is 6. The van der Waals surface area contributed by atoms with Gasteiger partial charge in [-0.2, -0.15) is 0 Å². The number of nitrogens with one attached hydrogen (secondary N) is 1. The summed E-state index contributed by atoms with van der Waals surface area (Å²) >= 11 is 3.01. The number of amides is 1. The van der Waals surface area contributed by atoms with Gasteiger partial charge in [0.1, 0.15) is 5.01 Å². The molecule has 0 spiro atoms. The van der Waals surface area contributed by atoms with E-state index in [9.17, 15) is 4.79 Å². The molecule has 1 amide bonds. The zero-order chi connectivity index (χ0) is 17.8. The summed E-state index contributed by atoms with van der Waals surface area (Å²) in [4.78, 5) is 16.8. The Kier molecular flexibility index (Phi) is 5.44. The van der Waals surface area contributed by atoms with Crippen LogP contribution in [0.2, 0.25) is 0 Å². The summed E-state index contributed by atoms with van der Waals surface area (Å²) in [6.45, 7) is 3.99. The van der Waals surface area contributed by atoms with Gasteiger partial charge in [0.25, 0.3) is 0 Å². The Labute approximate surface area is 153 Å². The fourth-order valence-electron chi connectivity index (χ4n) is 2.18. The van der Waals surface area contributed by atoms with Crippen molar-refractivity contribution in [1.82, 2.24) is 25.2 Å². The molecule has 0 radical (unpaired) electrons. The standard InChI is InChI=1S/C16H18N6OS2/c1-10-4-5-11(2)13(6-10)18-14(23)7-15-17-12(8-24-15)9-25-16-19-20-21-22(16)3/h4-6,8H,7,9H2,1-3H3,(H,18,23). The number of benzene rings is 1. The van der Waals surface area contributed by atoms with Crippen LogP contribution in [0.4, 0.5) is 5.69 Å². The summed E-state index contributed by atoms with van der Waals surface area (Å²) in [5, 5.41) is 17.8. The topological polar surface area (TPSA) is 85.6 Å². The normalized spacial score (nSPS) is 10.8. The SMILES string of the molecule is Cc1ccc(C)c(NC(=O)Cc2nc(CSc3nnnn3C)cs2)c1. The fourth-order valence-corrected chi connectivity index (χ4v) is 3.82. The highest BCUT2D eigenvalue weighted by Gasteiger charge is 2.11. The van der Waals surface area contributed by atoms with Crippen LogP contribution in [0.25, 0.3) is 0 Å². The molecule has 3 aromatic rings. The first-order valence-electron chi connectivity index (χ1n) is 7.67. The van der Waals surface area contributed by atoms with Crippen molar-refractivity contribution in [1.29, 1.82) is 0 Å². The van der Waals surface area contributed by atoms with Gasteiger partial charge >= 0.3 is 0 Å². The molecule has 1 aromatic carbocycles. The largest absolute Gasteiger partial charge is 0.325 e. The predicted octanol–water partition coefficient (Wildman–Crippen LogP) is 2.76. The molecule has 0 saturated heterocycles. The van der Waals surface area contributed by atoms with Gasteiger partial charge in [-0.05, 0) is 41.5 Å². The Morgan fingerprint density at radius 1 is 1.36 bits per heavy atom. The molecule has 0 fully saturated rings. The zero-order valence-corrected chi connectivity index (χ0v) is 15.8. The molecule has 7 nitrogen and oxygen atoms in total. The van der Waals surface area contributed by atoms with Crippen molar-refractivity contribution in [3.63, 3.8) is 0 Å². The highest BCUT2D eigenvalue weighted by atomic mass is 32.2. The number of tetrazole rings is 1. The lowest BCUT2D eigenvalue weighted by Gasteiger charge is -2.08. The van der Waals surface area contributed by atoms with Crippen LogP contribution in [-0.2, 0) is 24.0 Å². The van der Waals surface area contributed by atoms with E-state index in [1.165, 1.54) is 23.1 Å². The molecule has 9 heteroatoms. The molecule has 0 aliphatic rings. The van der Waals surface area contributed by atoms with Gasteiger partial charge in [-0.1, -0.05) is 23.9 Å². The second kappa shape index (κ2) is 7.75. The van der Waals surface area contributed by atoms with Crippen molar-refractivity contribution in [2.45, 2.75) is 31.2 Å².